The van der Waals surface area contributed by atoms with Crippen LogP contribution in [-0.2, 0) is 0 Å². The monoisotopic (exact) mass is 1400 g/mol. The fraction of sp³-hybridized carbons (Fsp3) is 0. The van der Waals surface area contributed by atoms with E-state index in [-0.39, 0.29) is 13.4 Å². The minimum Gasteiger partial charge on any atom is -0.458 e. The Kier molecular flexibility index (Phi) is 13.9. The first-order chi connectivity index (χ1) is 54.6. The molecule has 110 heavy (non-hydrogen) atoms. The fourth-order valence-corrected chi connectivity index (χ4v) is 18.3. The summed E-state index contributed by atoms with van der Waals surface area (Å²) in [5.41, 5.74) is 33.2. The first kappa shape index (κ1) is 61.9. The van der Waals surface area contributed by atoms with Gasteiger partial charge in [-0.15, -0.1) is 0 Å². The molecule has 0 spiro atoms. The predicted molar refractivity (Wildman–Crippen MR) is 456 cm³/mol. The number of hydrogen-bond acceptors (Lipinski definition) is 6. The van der Waals surface area contributed by atoms with Gasteiger partial charge < -0.3 is 28.1 Å². The van der Waals surface area contributed by atoms with Gasteiger partial charge >= 0.3 is 0 Å². The molecule has 17 aromatic carbocycles. The quantitative estimate of drug-likeness (QED) is 0.127. The third-order valence-corrected chi connectivity index (χ3v) is 23.2. The van der Waals surface area contributed by atoms with Gasteiger partial charge in [0.25, 0.3) is 13.4 Å². The molecule has 0 amide bonds. The van der Waals surface area contributed by atoms with Gasteiger partial charge in [0, 0.05) is 72.2 Å². The number of nitrogens with zero attached hydrogens (tertiary/aromatic N) is 2. The van der Waals surface area contributed by atoms with Crippen LogP contribution in [0.1, 0.15) is 0 Å². The average molecular weight is 1400 g/mol. The lowest BCUT2D eigenvalue weighted by Gasteiger charge is -2.45. The second-order valence-electron chi connectivity index (χ2n) is 29.2. The summed E-state index contributed by atoms with van der Waals surface area (Å²) in [4.78, 5) is 5.15. The third kappa shape index (κ3) is 9.59. The molecule has 0 saturated heterocycles. The number of fused-ring (bicyclic) bond motifs is 14. The lowest BCUT2D eigenvalue weighted by Crippen LogP contribution is -2.64. The van der Waals surface area contributed by atoms with E-state index in [1.165, 1.54) is 0 Å². The molecule has 0 fully saturated rings. The SMILES string of the molecule is c1ccc(-c2ccc3c(c2-c2ccccc2)Oc2cc(-c4ccc5oc6ccccc6c5c4)cc4c2B3c2cc3c(cc2N4c2ccccc2)N(c2c(-c4ccccc4)cccc2-c2ccccc2)c2cc(-c4ccc5oc6ccccc6c5c4)cc4c2B3c2ccc(-c3ccccc3)c(-c3ccccc3)c2O4)cc1. The topological polar surface area (TPSA) is 51.2 Å². The van der Waals surface area contributed by atoms with Crippen LogP contribution in [-0.4, -0.2) is 13.4 Å². The van der Waals surface area contributed by atoms with Crippen LogP contribution in [0.3, 0.4) is 0 Å². The maximum absolute atomic E-state index is 8.07. The fourth-order valence-electron chi connectivity index (χ4n) is 18.3. The lowest BCUT2D eigenvalue weighted by molar-refractivity contribution is 0.489. The Morgan fingerprint density at radius 1 is 0.218 bits per heavy atom. The molecular formula is C102H62B2N2O4. The van der Waals surface area contributed by atoms with Gasteiger partial charge in [0.2, 0.25) is 0 Å². The van der Waals surface area contributed by atoms with E-state index in [0.717, 1.165) is 223 Å². The Morgan fingerprint density at radius 2 is 0.591 bits per heavy atom. The maximum atomic E-state index is 8.07. The van der Waals surface area contributed by atoms with E-state index in [0.29, 0.717) is 0 Å². The van der Waals surface area contributed by atoms with Crippen molar-refractivity contribution in [2.75, 3.05) is 9.80 Å². The number of furan rings is 2. The number of benzene rings is 17. The molecule has 0 unspecified atom stereocenters. The van der Waals surface area contributed by atoms with Gasteiger partial charge in [-0.05, 0) is 178 Å². The van der Waals surface area contributed by atoms with Crippen molar-refractivity contribution in [3.8, 4) is 112 Å². The Morgan fingerprint density at radius 3 is 1.04 bits per heavy atom. The van der Waals surface area contributed by atoms with Gasteiger partial charge in [-0.2, -0.15) is 0 Å². The van der Waals surface area contributed by atoms with Gasteiger partial charge in [0.05, 0.1) is 5.69 Å². The van der Waals surface area contributed by atoms with E-state index in [2.05, 4.69) is 374 Å². The second kappa shape index (κ2) is 24.6. The van der Waals surface area contributed by atoms with E-state index in [9.17, 15) is 0 Å². The van der Waals surface area contributed by atoms with E-state index in [1.807, 2.05) is 12.1 Å². The number of ether oxygens (including phenoxy) is 2. The summed E-state index contributed by atoms with van der Waals surface area (Å²) in [6, 6.07) is 137. The molecule has 8 heteroatoms. The van der Waals surface area contributed by atoms with Crippen molar-refractivity contribution in [1.82, 2.24) is 0 Å². The van der Waals surface area contributed by atoms with Crippen LogP contribution < -0.4 is 52.1 Å². The minimum absolute atomic E-state index is 0.354. The van der Waals surface area contributed by atoms with Crippen molar-refractivity contribution >= 4 is 124 Å². The molecule has 6 nitrogen and oxygen atoms in total. The van der Waals surface area contributed by atoms with Crippen molar-refractivity contribution in [1.29, 1.82) is 0 Å². The first-order valence-corrected chi connectivity index (χ1v) is 37.7. The van der Waals surface area contributed by atoms with E-state index in [1.54, 1.807) is 0 Å². The second-order valence-corrected chi connectivity index (χ2v) is 29.2. The molecule has 0 atom stereocenters. The Balaban J connectivity index is 0.874. The summed E-state index contributed by atoms with van der Waals surface area (Å²) < 4.78 is 29.1. The van der Waals surface area contributed by atoms with Crippen LogP contribution in [0.15, 0.2) is 385 Å². The highest BCUT2D eigenvalue weighted by atomic mass is 16.5. The van der Waals surface area contributed by atoms with Gasteiger partial charge in [-0.1, -0.05) is 297 Å². The molecule has 0 saturated carbocycles. The van der Waals surface area contributed by atoms with Crippen molar-refractivity contribution in [2.45, 2.75) is 0 Å². The average Bonchev–Trinajstić information content (AvgIpc) is 0.763. The van der Waals surface area contributed by atoms with E-state index >= 15 is 0 Å². The van der Waals surface area contributed by atoms with Crippen LogP contribution >= 0.6 is 0 Å². The Bertz CT molecular complexity index is 6910. The van der Waals surface area contributed by atoms with Gasteiger partial charge in [0.1, 0.15) is 45.3 Å². The van der Waals surface area contributed by atoms with E-state index in [4.69, 9.17) is 18.3 Å². The normalized spacial score (nSPS) is 12.8. The smallest absolute Gasteiger partial charge is 0.256 e. The third-order valence-electron chi connectivity index (χ3n) is 23.2. The summed E-state index contributed by atoms with van der Waals surface area (Å²) in [6.45, 7) is -0.736. The number of anilines is 6. The molecule has 23 rings (SSSR count). The molecule has 4 aliphatic rings. The summed E-state index contributed by atoms with van der Waals surface area (Å²) in [5, 5.41) is 4.24. The molecule has 0 aliphatic carbocycles. The number of hydrogen-bond donors (Lipinski definition) is 0. The van der Waals surface area contributed by atoms with Crippen LogP contribution in [0.2, 0.25) is 0 Å². The summed E-state index contributed by atoms with van der Waals surface area (Å²) >= 11 is 0. The zero-order chi connectivity index (χ0) is 72.1. The molecule has 19 aromatic rings. The zero-order valence-corrected chi connectivity index (χ0v) is 59.5. The minimum atomic E-state index is -0.381. The standard InChI is InChI=1S/C102H62B2N2O4/c1-8-27-63(28-9-1)74-49-51-82-101(96(74)67-35-16-5-17-36-67)109-94-59-71(69-47-53-92-80(55-69)78-41-22-24-45-90(78)107-92)57-88-98(94)103(82)84-61-85-87(62-86(84)105(88)73-39-20-7-21-40-73)106(100-76(65-31-12-3-13-32-65)43-26-44-77(100)66-33-14-4-15-34-66)89-58-72(70-48-54-93-81(56-70)79-42-23-25-46-91(79)108-93)60-95-99(89)104(85)83-52-50-75(64-29-10-2-11-30-64)97(102(83)110-95)68-37-18-6-19-38-68/h1-62H. The molecule has 0 bridgehead atoms. The van der Waals surface area contributed by atoms with Crippen LogP contribution in [0.4, 0.5) is 34.1 Å². The molecule has 6 heterocycles. The maximum Gasteiger partial charge on any atom is 0.256 e. The molecular weight excluding hydrogens is 1340 g/mol. The number of rotatable bonds is 10. The molecule has 2 aromatic heterocycles. The van der Waals surface area contributed by atoms with Crippen LogP contribution in [0, 0.1) is 0 Å². The lowest BCUT2D eigenvalue weighted by atomic mass is 9.30. The highest BCUT2D eigenvalue weighted by molar-refractivity contribution is 7.02. The highest BCUT2D eigenvalue weighted by Gasteiger charge is 2.49. The number of para-hydroxylation sites is 4. The summed E-state index contributed by atoms with van der Waals surface area (Å²) in [7, 11) is 0. The Hall–Kier alpha value is -14.3. The molecule has 0 radical (unpaired) electrons. The first-order valence-electron chi connectivity index (χ1n) is 37.7. The Labute approximate surface area is 636 Å². The van der Waals surface area contributed by atoms with Crippen molar-refractivity contribution in [3.63, 3.8) is 0 Å². The largest absolute Gasteiger partial charge is 0.458 e. The molecule has 4 aliphatic heterocycles. The van der Waals surface area contributed by atoms with Crippen molar-refractivity contribution in [3.05, 3.63) is 376 Å². The van der Waals surface area contributed by atoms with Crippen LogP contribution in [0.25, 0.3) is 133 Å². The van der Waals surface area contributed by atoms with Gasteiger partial charge in [-0.25, -0.2) is 0 Å². The van der Waals surface area contributed by atoms with E-state index < -0.39 is 0 Å². The van der Waals surface area contributed by atoms with Crippen molar-refractivity contribution < 1.29 is 18.3 Å². The highest BCUT2D eigenvalue weighted by Crippen LogP contribution is 2.55. The van der Waals surface area contributed by atoms with Gasteiger partial charge in [-0.3, -0.25) is 0 Å². The van der Waals surface area contributed by atoms with Gasteiger partial charge in [0.15, 0.2) is 0 Å². The zero-order valence-electron chi connectivity index (χ0n) is 59.5. The summed E-state index contributed by atoms with van der Waals surface area (Å²) in [6.07, 6.45) is 0. The molecule has 510 valence electrons. The summed E-state index contributed by atoms with van der Waals surface area (Å²) in [5.74, 6) is 3.23. The predicted octanol–water partition coefficient (Wildman–Crippen LogP) is 23.6. The van der Waals surface area contributed by atoms with Crippen LogP contribution in [0.5, 0.6) is 23.0 Å². The molecule has 0 N–H and O–H groups in total. The van der Waals surface area contributed by atoms with Crippen molar-refractivity contribution in [2.24, 2.45) is 0 Å².